The molecule has 0 aliphatic heterocycles. The molecule has 0 aromatic heterocycles. The van der Waals surface area contributed by atoms with E-state index < -0.39 is 0 Å². The van der Waals surface area contributed by atoms with Crippen LogP contribution < -0.4 is 0 Å². The first kappa shape index (κ1) is 8.86. The Balaban J connectivity index is 2.94. The van der Waals surface area contributed by atoms with E-state index in [4.69, 9.17) is 30.1 Å². The van der Waals surface area contributed by atoms with Crippen molar-refractivity contribution in [3.63, 3.8) is 0 Å². The number of rotatable bonds is 0. The summed E-state index contributed by atoms with van der Waals surface area (Å²) in [7, 11) is 0. The molecule has 0 fully saturated rings. The van der Waals surface area contributed by atoms with Crippen LogP contribution in [0.1, 0.15) is 5.56 Å². The highest BCUT2D eigenvalue weighted by Crippen LogP contribution is 2.29. The fraction of sp³-hybridized carbons (Fsp3) is 0. The van der Waals surface area contributed by atoms with Gasteiger partial charge in [-0.2, -0.15) is 0 Å². The lowest BCUT2D eigenvalue weighted by Gasteiger charge is -2.04. The molecule has 0 spiro atoms. The van der Waals surface area contributed by atoms with E-state index in [2.05, 4.69) is 0 Å². The Labute approximate surface area is 87.1 Å². The van der Waals surface area contributed by atoms with Crippen molar-refractivity contribution in [1.29, 1.82) is 0 Å². The van der Waals surface area contributed by atoms with Gasteiger partial charge in [-0.25, -0.2) is 0 Å². The summed E-state index contributed by atoms with van der Waals surface area (Å²) in [5.74, 6) is 0. The summed E-state index contributed by atoms with van der Waals surface area (Å²) in [5, 5.41) is 3.13. The van der Waals surface area contributed by atoms with Gasteiger partial charge < -0.3 is 0 Å². The molecule has 13 heavy (non-hydrogen) atoms. The van der Waals surface area contributed by atoms with Gasteiger partial charge in [0, 0.05) is 15.4 Å². The van der Waals surface area contributed by atoms with Crippen LogP contribution in [0.4, 0.5) is 0 Å². The fourth-order valence-corrected chi connectivity index (χ4v) is 1.90. The summed E-state index contributed by atoms with van der Waals surface area (Å²) < 4.78 is 0. The molecule has 2 heteroatoms. The maximum Gasteiger partial charge on any atom is 0.0487 e. The van der Waals surface area contributed by atoms with E-state index in [1.165, 1.54) is 0 Å². The normalized spacial score (nSPS) is 10.7. The first-order chi connectivity index (χ1) is 6.18. The minimum absolute atomic E-state index is 0.619. The van der Waals surface area contributed by atoms with Crippen LogP contribution in [0.25, 0.3) is 10.8 Å². The van der Waals surface area contributed by atoms with Gasteiger partial charge in [-0.1, -0.05) is 35.3 Å². The van der Waals surface area contributed by atoms with Crippen molar-refractivity contribution in [3.8, 4) is 0 Å². The lowest BCUT2D eigenvalue weighted by molar-refractivity contribution is 1.67. The molecule has 0 bridgehead atoms. The molecule has 0 saturated heterocycles. The lowest BCUT2D eigenvalue weighted by atomic mass is 10.1. The van der Waals surface area contributed by atoms with Crippen molar-refractivity contribution >= 4 is 34.0 Å². The summed E-state index contributed by atoms with van der Waals surface area (Å²) in [5.41, 5.74) is 0.619. The Kier molecular flexibility index (Phi) is 2.19. The zero-order valence-corrected chi connectivity index (χ0v) is 8.23. The van der Waals surface area contributed by atoms with Crippen molar-refractivity contribution in [2.45, 2.75) is 0 Å². The molecule has 0 aliphatic rings. The predicted molar refractivity (Wildman–Crippen MR) is 57.4 cm³/mol. The van der Waals surface area contributed by atoms with Crippen LogP contribution in [-0.4, -0.2) is 0 Å². The van der Waals surface area contributed by atoms with Crippen molar-refractivity contribution in [2.24, 2.45) is 0 Å². The average molecular weight is 209 g/mol. The van der Waals surface area contributed by atoms with Crippen molar-refractivity contribution < 1.29 is 0 Å². The summed E-state index contributed by atoms with van der Waals surface area (Å²) in [6.45, 7) is 5.79. The second kappa shape index (κ2) is 3.21. The van der Waals surface area contributed by atoms with Gasteiger partial charge in [-0.05, 0) is 36.1 Å². The van der Waals surface area contributed by atoms with Crippen LogP contribution in [-0.2, 0) is 0 Å². The molecule has 0 nitrogen and oxygen atoms in total. The second-order valence-corrected chi connectivity index (χ2v) is 3.68. The monoisotopic (exact) mass is 208 g/mol. The van der Waals surface area contributed by atoms with Crippen molar-refractivity contribution in [3.05, 3.63) is 52.9 Å². The third-order valence-corrected chi connectivity index (χ3v) is 2.45. The van der Waals surface area contributed by atoms with Gasteiger partial charge in [0.1, 0.15) is 0 Å². The molecule has 64 valence electrons. The minimum atomic E-state index is 0.619. The Morgan fingerprint density at radius 3 is 2.62 bits per heavy atom. The number of halogens is 2. The standard InChI is InChI=1S/C11H6Cl2/c1-7-5-9(12)6-8-3-2-4-10(13)11(7)8/h1-6H. The molecule has 2 aromatic carbocycles. The number of fused-ring (bicyclic) bond motifs is 1. The van der Waals surface area contributed by atoms with Gasteiger partial charge in [-0.3, -0.25) is 0 Å². The molecule has 2 rings (SSSR count). The van der Waals surface area contributed by atoms with Gasteiger partial charge in [0.25, 0.3) is 0 Å². The van der Waals surface area contributed by atoms with E-state index >= 15 is 0 Å². The second-order valence-electron chi connectivity index (χ2n) is 2.83. The SMILES string of the molecule is [CH]c1cc(Cl)cc2cccc(Cl)c12. The molecule has 0 saturated carbocycles. The quantitative estimate of drug-likeness (QED) is 0.609. The summed E-state index contributed by atoms with van der Waals surface area (Å²) >= 11 is 11.8. The largest absolute Gasteiger partial charge is 0.0843 e. The van der Waals surface area contributed by atoms with Gasteiger partial charge in [0.05, 0.1) is 0 Å². The van der Waals surface area contributed by atoms with E-state index in [0.29, 0.717) is 15.6 Å². The maximum atomic E-state index is 5.99. The van der Waals surface area contributed by atoms with Crippen LogP contribution in [0.15, 0.2) is 30.3 Å². The van der Waals surface area contributed by atoms with Crippen LogP contribution in [0.5, 0.6) is 0 Å². The number of hydrogen-bond acceptors (Lipinski definition) is 0. The van der Waals surface area contributed by atoms with Gasteiger partial charge in [0.2, 0.25) is 0 Å². The summed E-state index contributed by atoms with van der Waals surface area (Å²) in [6, 6.07) is 9.17. The van der Waals surface area contributed by atoms with E-state index in [1.807, 2.05) is 24.3 Å². The minimum Gasteiger partial charge on any atom is -0.0843 e. The summed E-state index contributed by atoms with van der Waals surface area (Å²) in [4.78, 5) is 0. The van der Waals surface area contributed by atoms with E-state index in [9.17, 15) is 0 Å². The smallest absolute Gasteiger partial charge is 0.0487 e. The van der Waals surface area contributed by atoms with Crippen molar-refractivity contribution in [1.82, 2.24) is 0 Å². The molecule has 0 heterocycles. The van der Waals surface area contributed by atoms with Crippen LogP contribution in [0, 0.1) is 6.92 Å². The van der Waals surface area contributed by atoms with Crippen LogP contribution in [0.3, 0.4) is 0 Å². The highest BCUT2D eigenvalue weighted by Gasteiger charge is 2.02. The number of benzene rings is 2. The van der Waals surface area contributed by atoms with E-state index in [-0.39, 0.29) is 0 Å². The molecular formula is C11H6Cl2. The van der Waals surface area contributed by atoms with Gasteiger partial charge in [0.15, 0.2) is 0 Å². The van der Waals surface area contributed by atoms with Crippen LogP contribution >= 0.6 is 23.2 Å². The number of hydrogen-bond donors (Lipinski definition) is 0. The zero-order valence-electron chi connectivity index (χ0n) is 6.72. The Morgan fingerprint density at radius 2 is 1.85 bits per heavy atom. The molecule has 0 N–H and O–H groups in total. The van der Waals surface area contributed by atoms with E-state index in [1.54, 1.807) is 6.07 Å². The molecule has 0 aliphatic carbocycles. The lowest BCUT2D eigenvalue weighted by Crippen LogP contribution is -1.79. The molecule has 0 unspecified atom stereocenters. The highest BCUT2D eigenvalue weighted by molar-refractivity contribution is 6.36. The van der Waals surface area contributed by atoms with Crippen LogP contribution in [0.2, 0.25) is 10.0 Å². The fourth-order valence-electron chi connectivity index (χ4n) is 1.38. The predicted octanol–water partition coefficient (Wildman–Crippen LogP) is 4.21. The zero-order chi connectivity index (χ0) is 9.42. The Bertz CT molecular complexity index is 461. The van der Waals surface area contributed by atoms with Crippen molar-refractivity contribution in [2.75, 3.05) is 0 Å². The molecule has 0 atom stereocenters. The van der Waals surface area contributed by atoms with Gasteiger partial charge in [-0.15, -0.1) is 0 Å². The highest BCUT2D eigenvalue weighted by atomic mass is 35.5. The third-order valence-electron chi connectivity index (χ3n) is 1.92. The molecular weight excluding hydrogens is 203 g/mol. The first-order valence-electron chi connectivity index (χ1n) is 3.82. The Morgan fingerprint density at radius 1 is 1.08 bits per heavy atom. The van der Waals surface area contributed by atoms with Gasteiger partial charge >= 0.3 is 0 Å². The molecule has 0 amide bonds. The average Bonchev–Trinajstić information content (AvgIpc) is 2.02. The molecule has 2 aromatic rings. The Hall–Kier alpha value is -0.720. The topological polar surface area (TPSA) is 0 Å². The maximum absolute atomic E-state index is 5.99. The first-order valence-corrected chi connectivity index (χ1v) is 4.57. The third kappa shape index (κ3) is 1.52. The van der Waals surface area contributed by atoms with E-state index in [0.717, 1.165) is 10.8 Å². The molecule has 2 radical (unpaired) electrons. The summed E-state index contributed by atoms with van der Waals surface area (Å²) in [6.07, 6.45) is 0.